The first-order valence-electron chi connectivity index (χ1n) is 5.70. The maximum absolute atomic E-state index is 13.8. The van der Waals surface area contributed by atoms with Crippen LogP contribution in [0.2, 0.25) is 0 Å². The number of hydrogen-bond acceptors (Lipinski definition) is 4. The van der Waals surface area contributed by atoms with Gasteiger partial charge in [0, 0.05) is 18.0 Å². The Morgan fingerprint density at radius 3 is 2.72 bits per heavy atom. The van der Waals surface area contributed by atoms with E-state index in [-0.39, 0.29) is 17.7 Å². The number of nitrogens with zero attached hydrogens (tertiary/aromatic N) is 1. The number of halogens is 1. The number of rotatable bonds is 4. The average molecular weight is 266 g/mol. The van der Waals surface area contributed by atoms with Gasteiger partial charge in [0.15, 0.2) is 16.7 Å². The van der Waals surface area contributed by atoms with Crippen molar-refractivity contribution in [2.24, 2.45) is 0 Å². The summed E-state index contributed by atoms with van der Waals surface area (Å²) in [6.45, 7) is 3.74. The molecule has 0 spiro atoms. The molecule has 3 nitrogen and oxygen atoms in total. The lowest BCUT2D eigenvalue weighted by Gasteiger charge is -2.10. The van der Waals surface area contributed by atoms with Crippen molar-refractivity contribution in [3.8, 4) is 17.0 Å². The molecule has 1 N–H and O–H groups in total. The SMILES string of the molecule is CNc1nc(-c2ccc(OC(C)C)c(F)c2)cs1. The van der Waals surface area contributed by atoms with E-state index in [1.807, 2.05) is 32.3 Å². The maximum atomic E-state index is 13.8. The van der Waals surface area contributed by atoms with E-state index in [0.717, 1.165) is 16.4 Å². The van der Waals surface area contributed by atoms with Crippen LogP contribution in [0.1, 0.15) is 13.8 Å². The highest BCUT2D eigenvalue weighted by atomic mass is 32.1. The number of ether oxygens (including phenoxy) is 1. The van der Waals surface area contributed by atoms with Gasteiger partial charge < -0.3 is 10.1 Å². The Hall–Kier alpha value is -1.62. The van der Waals surface area contributed by atoms with E-state index < -0.39 is 0 Å². The molecular weight excluding hydrogens is 251 g/mol. The molecule has 0 bridgehead atoms. The van der Waals surface area contributed by atoms with Crippen molar-refractivity contribution in [1.29, 1.82) is 0 Å². The second-order valence-corrected chi connectivity index (χ2v) is 4.96. The van der Waals surface area contributed by atoms with Crippen LogP contribution in [-0.2, 0) is 0 Å². The Kier molecular flexibility index (Phi) is 3.81. The number of nitrogens with one attached hydrogen (secondary N) is 1. The molecule has 0 saturated carbocycles. The molecule has 0 amide bonds. The van der Waals surface area contributed by atoms with Gasteiger partial charge in [-0.2, -0.15) is 0 Å². The van der Waals surface area contributed by atoms with Crippen molar-refractivity contribution in [2.75, 3.05) is 12.4 Å². The molecule has 0 atom stereocenters. The molecular formula is C13H15FN2OS. The minimum absolute atomic E-state index is 0.0412. The third-order valence-electron chi connectivity index (χ3n) is 2.31. The first-order valence-corrected chi connectivity index (χ1v) is 6.58. The minimum atomic E-state index is -0.361. The fourth-order valence-corrected chi connectivity index (χ4v) is 2.21. The van der Waals surface area contributed by atoms with E-state index >= 15 is 0 Å². The molecule has 0 aliphatic carbocycles. The molecule has 1 aromatic heterocycles. The normalized spacial score (nSPS) is 10.7. The smallest absolute Gasteiger partial charge is 0.182 e. The van der Waals surface area contributed by atoms with E-state index in [1.54, 1.807) is 6.07 Å². The summed E-state index contributed by atoms with van der Waals surface area (Å²) >= 11 is 1.49. The summed E-state index contributed by atoms with van der Waals surface area (Å²) < 4.78 is 19.2. The molecule has 0 radical (unpaired) electrons. The van der Waals surface area contributed by atoms with Crippen molar-refractivity contribution in [3.63, 3.8) is 0 Å². The molecule has 0 unspecified atom stereocenters. The third kappa shape index (κ3) is 2.79. The van der Waals surface area contributed by atoms with Crippen molar-refractivity contribution in [1.82, 2.24) is 4.98 Å². The summed E-state index contributed by atoms with van der Waals surface area (Å²) in [6.07, 6.45) is -0.0412. The Balaban J connectivity index is 2.28. The van der Waals surface area contributed by atoms with Crippen molar-refractivity contribution >= 4 is 16.5 Å². The van der Waals surface area contributed by atoms with Crippen LogP contribution in [0.4, 0.5) is 9.52 Å². The van der Waals surface area contributed by atoms with Crippen LogP contribution in [-0.4, -0.2) is 18.1 Å². The Morgan fingerprint density at radius 1 is 1.39 bits per heavy atom. The lowest BCUT2D eigenvalue weighted by atomic mass is 10.1. The van der Waals surface area contributed by atoms with Gasteiger partial charge in [0.2, 0.25) is 0 Å². The summed E-state index contributed by atoms with van der Waals surface area (Å²) in [7, 11) is 1.81. The zero-order valence-electron chi connectivity index (χ0n) is 10.5. The Morgan fingerprint density at radius 2 is 2.17 bits per heavy atom. The topological polar surface area (TPSA) is 34.2 Å². The first-order chi connectivity index (χ1) is 8.60. The second-order valence-electron chi connectivity index (χ2n) is 4.10. The fourth-order valence-electron chi connectivity index (χ4n) is 1.53. The second kappa shape index (κ2) is 5.35. The summed E-state index contributed by atoms with van der Waals surface area (Å²) in [4.78, 5) is 4.33. The lowest BCUT2D eigenvalue weighted by molar-refractivity contribution is 0.231. The zero-order valence-corrected chi connectivity index (χ0v) is 11.3. The van der Waals surface area contributed by atoms with Crippen molar-refractivity contribution in [2.45, 2.75) is 20.0 Å². The molecule has 18 heavy (non-hydrogen) atoms. The standard InChI is InChI=1S/C13H15FN2OS/c1-8(2)17-12-5-4-9(6-10(12)14)11-7-18-13(15-3)16-11/h4-8H,1-3H3,(H,15,16). The highest BCUT2D eigenvalue weighted by Crippen LogP contribution is 2.28. The Bertz CT molecular complexity index is 540. The van der Waals surface area contributed by atoms with Gasteiger partial charge in [-0.3, -0.25) is 0 Å². The van der Waals surface area contributed by atoms with Gasteiger partial charge in [0.1, 0.15) is 0 Å². The van der Waals surface area contributed by atoms with Gasteiger partial charge >= 0.3 is 0 Å². The predicted octanol–water partition coefficient (Wildman–Crippen LogP) is 3.78. The summed E-state index contributed by atoms with van der Waals surface area (Å²) in [5.41, 5.74) is 1.51. The van der Waals surface area contributed by atoms with Crippen LogP contribution >= 0.6 is 11.3 Å². The Labute approximate surface area is 110 Å². The molecule has 0 aliphatic heterocycles. The van der Waals surface area contributed by atoms with Gasteiger partial charge in [-0.15, -0.1) is 11.3 Å². The number of benzene rings is 1. The zero-order chi connectivity index (χ0) is 13.1. The van der Waals surface area contributed by atoms with E-state index in [9.17, 15) is 4.39 Å². The van der Waals surface area contributed by atoms with Gasteiger partial charge in [0.05, 0.1) is 11.8 Å². The molecule has 2 aromatic rings. The van der Waals surface area contributed by atoms with Gasteiger partial charge in [-0.05, 0) is 32.0 Å². The quantitative estimate of drug-likeness (QED) is 0.914. The fraction of sp³-hybridized carbons (Fsp3) is 0.308. The number of aromatic nitrogens is 1. The van der Waals surface area contributed by atoms with E-state index in [1.165, 1.54) is 17.4 Å². The van der Waals surface area contributed by atoms with Gasteiger partial charge in [-0.1, -0.05) is 0 Å². The van der Waals surface area contributed by atoms with Gasteiger partial charge in [-0.25, -0.2) is 9.37 Å². The molecule has 96 valence electrons. The monoisotopic (exact) mass is 266 g/mol. The van der Waals surface area contributed by atoms with E-state index in [4.69, 9.17) is 4.74 Å². The molecule has 0 saturated heterocycles. The predicted molar refractivity (Wildman–Crippen MR) is 72.8 cm³/mol. The lowest BCUT2D eigenvalue weighted by Crippen LogP contribution is -2.06. The van der Waals surface area contributed by atoms with Crippen LogP contribution in [0.5, 0.6) is 5.75 Å². The highest BCUT2D eigenvalue weighted by Gasteiger charge is 2.09. The molecule has 2 rings (SSSR count). The molecule has 0 fully saturated rings. The summed E-state index contributed by atoms with van der Waals surface area (Å²) in [5.74, 6) is -0.0852. The van der Waals surface area contributed by atoms with E-state index in [2.05, 4.69) is 10.3 Å². The molecule has 0 aliphatic rings. The van der Waals surface area contributed by atoms with Crippen LogP contribution in [0.15, 0.2) is 23.6 Å². The van der Waals surface area contributed by atoms with Crippen molar-refractivity contribution < 1.29 is 9.13 Å². The summed E-state index contributed by atoms with van der Waals surface area (Å²) in [5, 5.41) is 5.66. The molecule has 1 aromatic carbocycles. The molecule has 1 heterocycles. The minimum Gasteiger partial charge on any atom is -0.488 e. The largest absolute Gasteiger partial charge is 0.488 e. The van der Waals surface area contributed by atoms with Crippen LogP contribution in [0.25, 0.3) is 11.3 Å². The number of thiazole rings is 1. The van der Waals surface area contributed by atoms with Crippen LogP contribution < -0.4 is 10.1 Å². The first kappa shape index (κ1) is 12.8. The van der Waals surface area contributed by atoms with Crippen LogP contribution in [0.3, 0.4) is 0 Å². The third-order valence-corrected chi connectivity index (χ3v) is 3.17. The van der Waals surface area contributed by atoms with Gasteiger partial charge in [0.25, 0.3) is 0 Å². The summed E-state index contributed by atoms with van der Waals surface area (Å²) in [6, 6.07) is 4.91. The van der Waals surface area contributed by atoms with Crippen LogP contribution in [0, 0.1) is 5.82 Å². The number of hydrogen-bond donors (Lipinski definition) is 1. The maximum Gasteiger partial charge on any atom is 0.182 e. The average Bonchev–Trinajstić information content (AvgIpc) is 2.80. The van der Waals surface area contributed by atoms with E-state index in [0.29, 0.717) is 0 Å². The molecule has 5 heteroatoms. The highest BCUT2D eigenvalue weighted by molar-refractivity contribution is 7.14. The van der Waals surface area contributed by atoms with Crippen molar-refractivity contribution in [3.05, 3.63) is 29.4 Å². The number of anilines is 1.